The highest BCUT2D eigenvalue weighted by Gasteiger charge is 2.38. The van der Waals surface area contributed by atoms with Gasteiger partial charge in [0.15, 0.2) is 0 Å². The second-order valence-electron chi connectivity index (χ2n) is 7.26. The molecule has 0 amide bonds. The zero-order chi connectivity index (χ0) is 16.4. The lowest BCUT2D eigenvalue weighted by atomic mass is 9.62. The number of hydrogen-bond acceptors (Lipinski definition) is 2. The molecule has 122 valence electrons. The predicted molar refractivity (Wildman–Crippen MR) is 93.8 cm³/mol. The minimum absolute atomic E-state index is 0.00715. The van der Waals surface area contributed by atoms with E-state index in [1.165, 1.54) is 24.0 Å². The average Bonchev–Trinajstić information content (AvgIpc) is 2.56. The van der Waals surface area contributed by atoms with Gasteiger partial charge in [0, 0.05) is 5.41 Å². The Morgan fingerprint density at radius 2 is 1.17 bits per heavy atom. The van der Waals surface area contributed by atoms with Gasteiger partial charge in [-0.15, -0.1) is 0 Å². The maximum atomic E-state index is 9.63. The molecule has 3 rings (SSSR count). The predicted octanol–water partition coefficient (Wildman–Crippen LogP) is 5.23. The van der Waals surface area contributed by atoms with E-state index in [9.17, 15) is 10.2 Å². The van der Waals surface area contributed by atoms with Gasteiger partial charge in [-0.3, -0.25) is 0 Å². The molecule has 0 aliphatic heterocycles. The van der Waals surface area contributed by atoms with Gasteiger partial charge in [-0.1, -0.05) is 38.1 Å². The van der Waals surface area contributed by atoms with Crippen LogP contribution in [-0.4, -0.2) is 10.2 Å². The second-order valence-corrected chi connectivity index (χ2v) is 7.26. The molecule has 0 saturated heterocycles. The minimum atomic E-state index is -0.00715. The van der Waals surface area contributed by atoms with Crippen molar-refractivity contribution >= 4 is 0 Å². The number of phenols is 2. The molecule has 2 heteroatoms. The molecule has 2 N–H and O–H groups in total. The number of benzene rings is 2. The van der Waals surface area contributed by atoms with E-state index in [0.717, 1.165) is 24.7 Å². The Labute approximate surface area is 138 Å². The van der Waals surface area contributed by atoms with Gasteiger partial charge in [-0.05, 0) is 72.9 Å². The van der Waals surface area contributed by atoms with Gasteiger partial charge in [0.05, 0.1) is 0 Å². The highest BCUT2D eigenvalue weighted by Crippen LogP contribution is 2.48. The van der Waals surface area contributed by atoms with Crippen LogP contribution in [0.2, 0.25) is 0 Å². The lowest BCUT2D eigenvalue weighted by molar-refractivity contribution is 0.217. The Balaban J connectivity index is 2.00. The van der Waals surface area contributed by atoms with Crippen LogP contribution in [-0.2, 0) is 5.41 Å². The molecule has 23 heavy (non-hydrogen) atoms. The van der Waals surface area contributed by atoms with Crippen molar-refractivity contribution in [2.24, 2.45) is 11.8 Å². The first-order valence-corrected chi connectivity index (χ1v) is 8.60. The Bertz CT molecular complexity index is 585. The summed E-state index contributed by atoms with van der Waals surface area (Å²) in [4.78, 5) is 0. The fourth-order valence-electron chi connectivity index (χ4n) is 4.10. The topological polar surface area (TPSA) is 40.5 Å². The van der Waals surface area contributed by atoms with Crippen molar-refractivity contribution in [1.82, 2.24) is 0 Å². The largest absolute Gasteiger partial charge is 0.508 e. The summed E-state index contributed by atoms with van der Waals surface area (Å²) in [6, 6.07) is 15.3. The lowest BCUT2D eigenvalue weighted by Crippen LogP contribution is -2.34. The maximum absolute atomic E-state index is 9.63. The minimum Gasteiger partial charge on any atom is -0.508 e. The Hall–Kier alpha value is -1.96. The summed E-state index contributed by atoms with van der Waals surface area (Å²) in [6.07, 6.45) is 4.68. The van der Waals surface area contributed by atoms with E-state index in [0.29, 0.717) is 11.5 Å². The quantitative estimate of drug-likeness (QED) is 0.815. The molecule has 1 aliphatic rings. The molecule has 0 radical (unpaired) electrons. The van der Waals surface area contributed by atoms with Crippen LogP contribution in [0.25, 0.3) is 0 Å². The average molecular weight is 310 g/mol. The summed E-state index contributed by atoms with van der Waals surface area (Å²) >= 11 is 0. The first-order chi connectivity index (χ1) is 11.0. The highest BCUT2D eigenvalue weighted by atomic mass is 16.3. The third-order valence-corrected chi connectivity index (χ3v) is 5.67. The van der Waals surface area contributed by atoms with E-state index >= 15 is 0 Å². The number of aromatic hydroxyl groups is 2. The molecule has 1 fully saturated rings. The third-order valence-electron chi connectivity index (χ3n) is 5.67. The molecule has 0 heterocycles. The molecule has 0 bridgehead atoms. The van der Waals surface area contributed by atoms with E-state index in [4.69, 9.17) is 0 Å². The Morgan fingerprint density at radius 1 is 0.783 bits per heavy atom. The van der Waals surface area contributed by atoms with Crippen LogP contribution in [0.4, 0.5) is 0 Å². The number of phenolic OH excluding ortho intramolecular Hbond substituents is 2. The summed E-state index contributed by atoms with van der Waals surface area (Å²) in [6.45, 7) is 4.64. The number of rotatable bonds is 3. The van der Waals surface area contributed by atoms with E-state index in [1.807, 2.05) is 0 Å². The van der Waals surface area contributed by atoms with E-state index in [1.54, 1.807) is 24.3 Å². The van der Waals surface area contributed by atoms with Crippen LogP contribution < -0.4 is 0 Å². The van der Waals surface area contributed by atoms with E-state index in [-0.39, 0.29) is 5.41 Å². The fraction of sp³-hybridized carbons (Fsp3) is 0.429. The second kappa shape index (κ2) is 6.27. The van der Waals surface area contributed by atoms with E-state index in [2.05, 4.69) is 38.1 Å². The summed E-state index contributed by atoms with van der Waals surface area (Å²) in [5.74, 6) is 2.14. The molecule has 1 saturated carbocycles. The van der Waals surface area contributed by atoms with Gasteiger partial charge >= 0.3 is 0 Å². The van der Waals surface area contributed by atoms with Gasteiger partial charge < -0.3 is 10.2 Å². The first kappa shape index (κ1) is 15.9. The molecular weight excluding hydrogens is 284 g/mol. The van der Waals surface area contributed by atoms with Crippen LogP contribution in [0, 0.1) is 11.8 Å². The zero-order valence-corrected chi connectivity index (χ0v) is 14.0. The van der Waals surface area contributed by atoms with Crippen LogP contribution >= 0.6 is 0 Å². The normalized spacial score (nSPS) is 18.2. The summed E-state index contributed by atoms with van der Waals surface area (Å²) in [5, 5.41) is 19.3. The fourth-order valence-corrected chi connectivity index (χ4v) is 4.10. The third kappa shape index (κ3) is 3.08. The van der Waals surface area contributed by atoms with Crippen LogP contribution in [0.15, 0.2) is 48.5 Å². The monoisotopic (exact) mass is 310 g/mol. The summed E-state index contributed by atoms with van der Waals surface area (Å²) < 4.78 is 0. The van der Waals surface area contributed by atoms with Gasteiger partial charge in [-0.2, -0.15) is 0 Å². The Kier molecular flexibility index (Phi) is 4.34. The van der Waals surface area contributed by atoms with Crippen molar-refractivity contribution in [3.05, 3.63) is 59.7 Å². The molecule has 1 aliphatic carbocycles. The molecule has 0 spiro atoms. The standard InChI is InChI=1S/C21H26O2/c1-15(2)16-11-13-21(14-12-16,17-3-7-19(22)8-4-17)18-5-9-20(23)10-6-18/h3-10,15-16,22-23H,11-14H2,1-2H3. The highest BCUT2D eigenvalue weighted by molar-refractivity contribution is 5.43. The zero-order valence-electron chi connectivity index (χ0n) is 14.0. The van der Waals surface area contributed by atoms with E-state index < -0.39 is 0 Å². The summed E-state index contributed by atoms with van der Waals surface area (Å²) in [7, 11) is 0. The lowest BCUT2D eigenvalue weighted by Gasteiger charge is -2.42. The Morgan fingerprint density at radius 3 is 1.52 bits per heavy atom. The molecule has 0 atom stereocenters. The molecule has 2 nitrogen and oxygen atoms in total. The van der Waals surface area contributed by atoms with Crippen molar-refractivity contribution in [3.63, 3.8) is 0 Å². The van der Waals surface area contributed by atoms with Gasteiger partial charge in [0.1, 0.15) is 11.5 Å². The van der Waals surface area contributed by atoms with Crippen molar-refractivity contribution in [2.75, 3.05) is 0 Å². The van der Waals surface area contributed by atoms with Crippen molar-refractivity contribution in [3.8, 4) is 11.5 Å². The van der Waals surface area contributed by atoms with Crippen LogP contribution in [0.1, 0.15) is 50.7 Å². The molecule has 0 aromatic heterocycles. The van der Waals surface area contributed by atoms with Crippen LogP contribution in [0.5, 0.6) is 11.5 Å². The van der Waals surface area contributed by atoms with Gasteiger partial charge in [0.25, 0.3) is 0 Å². The van der Waals surface area contributed by atoms with Gasteiger partial charge in [0.2, 0.25) is 0 Å². The number of hydrogen-bond donors (Lipinski definition) is 2. The molecular formula is C21H26O2. The maximum Gasteiger partial charge on any atom is 0.115 e. The molecule has 2 aromatic carbocycles. The van der Waals surface area contributed by atoms with Crippen molar-refractivity contribution in [2.45, 2.75) is 44.9 Å². The molecule has 0 unspecified atom stereocenters. The molecule has 2 aromatic rings. The van der Waals surface area contributed by atoms with Crippen molar-refractivity contribution in [1.29, 1.82) is 0 Å². The van der Waals surface area contributed by atoms with Gasteiger partial charge in [-0.25, -0.2) is 0 Å². The van der Waals surface area contributed by atoms with Crippen LogP contribution in [0.3, 0.4) is 0 Å². The first-order valence-electron chi connectivity index (χ1n) is 8.60. The van der Waals surface area contributed by atoms with Crippen molar-refractivity contribution < 1.29 is 10.2 Å². The SMILES string of the molecule is CC(C)C1CCC(c2ccc(O)cc2)(c2ccc(O)cc2)CC1. The smallest absolute Gasteiger partial charge is 0.115 e. The summed E-state index contributed by atoms with van der Waals surface area (Å²) in [5.41, 5.74) is 2.53.